The maximum Gasteiger partial charge on any atom is 0.231 e. The lowest BCUT2D eigenvalue weighted by Crippen LogP contribution is -2.45. The predicted octanol–water partition coefficient (Wildman–Crippen LogP) is 2.54. The van der Waals surface area contributed by atoms with Gasteiger partial charge in [-0.15, -0.1) is 0 Å². The van der Waals surface area contributed by atoms with Crippen molar-refractivity contribution in [3.8, 4) is 11.5 Å². The first-order valence-corrected chi connectivity index (χ1v) is 7.68. The fraction of sp³-hybridized carbons (Fsp3) is 0.647. The number of hydrogen-bond donors (Lipinski definition) is 1. The third-order valence-electron chi connectivity index (χ3n) is 4.89. The first-order valence-electron chi connectivity index (χ1n) is 7.68. The van der Waals surface area contributed by atoms with Crippen molar-refractivity contribution in [2.75, 3.05) is 27.4 Å². The maximum absolute atomic E-state index is 10.3. The molecule has 1 saturated carbocycles. The average Bonchev–Trinajstić information content (AvgIpc) is 2.88. The van der Waals surface area contributed by atoms with Crippen molar-refractivity contribution in [2.24, 2.45) is 0 Å². The van der Waals surface area contributed by atoms with Crippen molar-refractivity contribution < 1.29 is 14.6 Å². The van der Waals surface area contributed by atoms with Gasteiger partial charge in [-0.3, -0.25) is 0 Å². The highest BCUT2D eigenvalue weighted by Gasteiger charge is 2.41. The van der Waals surface area contributed by atoms with E-state index in [1.54, 1.807) is 0 Å². The van der Waals surface area contributed by atoms with E-state index in [0.717, 1.165) is 43.7 Å². The van der Waals surface area contributed by atoms with Gasteiger partial charge < -0.3 is 19.5 Å². The van der Waals surface area contributed by atoms with Crippen molar-refractivity contribution in [1.82, 2.24) is 4.90 Å². The quantitative estimate of drug-likeness (QED) is 0.929. The van der Waals surface area contributed by atoms with E-state index < -0.39 is 5.60 Å². The van der Waals surface area contributed by atoms with Crippen molar-refractivity contribution in [2.45, 2.75) is 43.6 Å². The van der Waals surface area contributed by atoms with Crippen LogP contribution in [-0.4, -0.2) is 43.0 Å². The molecule has 0 bridgehead atoms. The highest BCUT2D eigenvalue weighted by Crippen LogP contribution is 2.46. The summed E-state index contributed by atoms with van der Waals surface area (Å²) < 4.78 is 11.0. The topological polar surface area (TPSA) is 41.9 Å². The molecule has 1 heterocycles. The molecule has 116 valence electrons. The summed E-state index contributed by atoms with van der Waals surface area (Å²) in [4.78, 5) is 2.24. The van der Waals surface area contributed by atoms with Crippen LogP contribution in [0, 0.1) is 0 Å². The highest BCUT2D eigenvalue weighted by atomic mass is 16.7. The number of aliphatic hydroxyl groups is 1. The van der Waals surface area contributed by atoms with Crippen molar-refractivity contribution >= 4 is 0 Å². The summed E-state index contributed by atoms with van der Waals surface area (Å²) in [5.74, 6) is 1.68. The minimum atomic E-state index is -0.522. The minimum absolute atomic E-state index is 0.0900. The molecule has 1 aliphatic carbocycles. The van der Waals surface area contributed by atoms with Gasteiger partial charge >= 0.3 is 0 Å². The van der Waals surface area contributed by atoms with Gasteiger partial charge in [0.1, 0.15) is 0 Å². The summed E-state index contributed by atoms with van der Waals surface area (Å²) in [7, 11) is 4.23. The van der Waals surface area contributed by atoms with E-state index in [-0.39, 0.29) is 5.41 Å². The Morgan fingerprint density at radius 1 is 1.10 bits per heavy atom. The number of ether oxygens (including phenoxy) is 2. The van der Waals surface area contributed by atoms with Crippen LogP contribution in [0.2, 0.25) is 0 Å². The molecule has 2 aliphatic rings. The summed E-state index contributed by atoms with van der Waals surface area (Å²) in [5.41, 5.74) is 0.870. The molecule has 3 rings (SSSR count). The van der Waals surface area contributed by atoms with Crippen LogP contribution >= 0.6 is 0 Å². The molecule has 0 amide bonds. The molecule has 4 heteroatoms. The molecule has 0 spiro atoms. The fourth-order valence-corrected chi connectivity index (χ4v) is 3.64. The molecule has 1 aromatic carbocycles. The SMILES string of the molecule is CN(C)CC1(c2ccc3c(c2)OCO3)CCC(C)(O)CC1. The average molecular weight is 291 g/mol. The number of benzene rings is 1. The zero-order valence-electron chi connectivity index (χ0n) is 13.2. The molecule has 0 atom stereocenters. The summed E-state index contributed by atoms with van der Waals surface area (Å²) in [5, 5.41) is 10.3. The molecule has 1 N–H and O–H groups in total. The molecule has 0 radical (unpaired) electrons. The lowest BCUT2D eigenvalue weighted by molar-refractivity contribution is -0.00438. The Bertz CT molecular complexity index is 515. The maximum atomic E-state index is 10.3. The molecule has 1 fully saturated rings. The van der Waals surface area contributed by atoms with Crippen molar-refractivity contribution in [1.29, 1.82) is 0 Å². The third kappa shape index (κ3) is 2.87. The Balaban J connectivity index is 1.92. The summed E-state index contributed by atoms with van der Waals surface area (Å²) >= 11 is 0. The fourth-order valence-electron chi connectivity index (χ4n) is 3.64. The standard InChI is InChI=1S/C17H25NO3/c1-16(19)6-8-17(9-7-16,11-18(2)3)13-4-5-14-15(10-13)21-12-20-14/h4-5,10,19H,6-9,11-12H2,1-3H3. The number of fused-ring (bicyclic) bond motifs is 1. The van der Waals surface area contributed by atoms with Gasteiger partial charge in [0.25, 0.3) is 0 Å². The lowest BCUT2D eigenvalue weighted by atomic mass is 9.65. The summed E-state index contributed by atoms with van der Waals surface area (Å²) in [6.07, 6.45) is 3.68. The van der Waals surface area contributed by atoms with Crippen molar-refractivity contribution in [3.63, 3.8) is 0 Å². The van der Waals surface area contributed by atoms with E-state index >= 15 is 0 Å². The molecule has 0 unspecified atom stereocenters. The van der Waals surface area contributed by atoms with E-state index in [1.807, 2.05) is 13.0 Å². The zero-order chi connectivity index (χ0) is 15.1. The highest BCUT2D eigenvalue weighted by molar-refractivity contribution is 5.47. The number of nitrogens with zero attached hydrogens (tertiary/aromatic N) is 1. The van der Waals surface area contributed by atoms with Crippen LogP contribution in [0.3, 0.4) is 0 Å². The Labute approximate surface area is 126 Å². The van der Waals surface area contributed by atoms with Gasteiger partial charge in [-0.25, -0.2) is 0 Å². The van der Waals surface area contributed by atoms with Crippen LogP contribution in [0.1, 0.15) is 38.2 Å². The normalized spacial score (nSPS) is 31.7. The van der Waals surface area contributed by atoms with Gasteiger partial charge in [-0.2, -0.15) is 0 Å². The van der Waals surface area contributed by atoms with Gasteiger partial charge in [0.15, 0.2) is 11.5 Å². The van der Waals surface area contributed by atoms with Crippen LogP contribution < -0.4 is 9.47 Å². The van der Waals surface area contributed by atoms with Gasteiger partial charge in [0.05, 0.1) is 5.60 Å². The summed E-state index contributed by atoms with van der Waals surface area (Å²) in [6, 6.07) is 6.31. The molecule has 0 saturated heterocycles. The Morgan fingerprint density at radius 3 is 2.43 bits per heavy atom. The van der Waals surface area contributed by atoms with Crippen LogP contribution in [0.25, 0.3) is 0 Å². The van der Waals surface area contributed by atoms with Crippen LogP contribution in [0.15, 0.2) is 18.2 Å². The smallest absolute Gasteiger partial charge is 0.231 e. The largest absolute Gasteiger partial charge is 0.454 e. The molecule has 1 aromatic rings. The van der Waals surface area contributed by atoms with E-state index in [2.05, 4.69) is 31.1 Å². The predicted molar refractivity (Wildman–Crippen MR) is 81.9 cm³/mol. The molecule has 21 heavy (non-hydrogen) atoms. The van der Waals surface area contributed by atoms with Crippen LogP contribution in [0.5, 0.6) is 11.5 Å². The Hall–Kier alpha value is -1.26. The van der Waals surface area contributed by atoms with Gasteiger partial charge in [0, 0.05) is 12.0 Å². The first-order chi connectivity index (χ1) is 9.90. The van der Waals surface area contributed by atoms with Gasteiger partial charge in [-0.1, -0.05) is 6.07 Å². The van der Waals surface area contributed by atoms with Gasteiger partial charge in [0.2, 0.25) is 6.79 Å². The van der Waals surface area contributed by atoms with E-state index in [4.69, 9.17) is 9.47 Å². The molecular weight excluding hydrogens is 266 g/mol. The number of hydrogen-bond acceptors (Lipinski definition) is 4. The molecule has 0 aromatic heterocycles. The third-order valence-corrected chi connectivity index (χ3v) is 4.89. The second kappa shape index (κ2) is 5.18. The van der Waals surface area contributed by atoms with E-state index in [0.29, 0.717) is 6.79 Å². The van der Waals surface area contributed by atoms with Gasteiger partial charge in [-0.05, 0) is 64.4 Å². The van der Waals surface area contributed by atoms with E-state index in [1.165, 1.54) is 5.56 Å². The van der Waals surface area contributed by atoms with Crippen LogP contribution in [-0.2, 0) is 5.41 Å². The molecule has 4 nitrogen and oxygen atoms in total. The zero-order valence-corrected chi connectivity index (χ0v) is 13.2. The first kappa shape index (κ1) is 14.7. The summed E-state index contributed by atoms with van der Waals surface area (Å²) in [6.45, 7) is 3.25. The Morgan fingerprint density at radius 2 is 1.76 bits per heavy atom. The van der Waals surface area contributed by atoms with Crippen LogP contribution in [0.4, 0.5) is 0 Å². The van der Waals surface area contributed by atoms with E-state index in [9.17, 15) is 5.11 Å². The monoisotopic (exact) mass is 291 g/mol. The number of likely N-dealkylation sites (N-methyl/N-ethyl adjacent to an activating group) is 1. The lowest BCUT2D eigenvalue weighted by Gasteiger charge is -2.44. The molecular formula is C17H25NO3. The molecule has 1 aliphatic heterocycles. The van der Waals surface area contributed by atoms with Crippen molar-refractivity contribution in [3.05, 3.63) is 23.8 Å². The second-order valence-corrected chi connectivity index (χ2v) is 7.08. The second-order valence-electron chi connectivity index (χ2n) is 7.08. The number of rotatable bonds is 3. The Kier molecular flexibility index (Phi) is 3.62. The minimum Gasteiger partial charge on any atom is -0.454 e.